The fourth-order valence-electron chi connectivity index (χ4n) is 4.06. The molecule has 1 amide bonds. The van der Waals surface area contributed by atoms with E-state index >= 15 is 0 Å². The van der Waals surface area contributed by atoms with Gasteiger partial charge < -0.3 is 10.1 Å². The van der Waals surface area contributed by atoms with E-state index in [0.717, 1.165) is 45.9 Å². The minimum atomic E-state index is -4.38. The van der Waals surface area contributed by atoms with Gasteiger partial charge in [-0.1, -0.05) is 24.3 Å². The molecular formula is C25H22F3NO3S. The second-order valence-electron chi connectivity index (χ2n) is 8.21. The first-order valence-electron chi connectivity index (χ1n) is 10.4. The highest BCUT2D eigenvalue weighted by atomic mass is 32.1. The van der Waals surface area contributed by atoms with E-state index in [1.807, 2.05) is 26.0 Å². The Hall–Kier alpha value is -3.13. The third-order valence-corrected chi connectivity index (χ3v) is 7.03. The predicted octanol–water partition coefficient (Wildman–Crippen LogP) is 5.93. The number of ether oxygens (including phenoxy) is 1. The molecular weight excluding hydrogens is 451 g/mol. The molecule has 8 heteroatoms. The fourth-order valence-corrected chi connectivity index (χ4v) is 5.13. The number of hydrogen-bond donors (Lipinski definition) is 1. The fraction of sp³-hybridized carbons (Fsp3) is 0.280. The van der Waals surface area contributed by atoms with Crippen LogP contribution in [-0.4, -0.2) is 12.4 Å². The first-order valence-corrected chi connectivity index (χ1v) is 11.2. The monoisotopic (exact) mass is 473 g/mol. The largest absolute Gasteiger partial charge is 0.429 e. The number of rotatable bonds is 7. The third-order valence-electron chi connectivity index (χ3n) is 5.97. The molecule has 0 saturated heterocycles. The molecule has 0 radical (unpaired) electrons. The number of nitrogens with one attached hydrogen (secondary N) is 1. The van der Waals surface area contributed by atoms with Crippen LogP contribution in [0.1, 0.15) is 55.2 Å². The summed E-state index contributed by atoms with van der Waals surface area (Å²) in [5, 5.41) is 3.17. The number of amides is 1. The molecule has 172 valence electrons. The van der Waals surface area contributed by atoms with Gasteiger partial charge in [0.25, 0.3) is 12.4 Å². The number of halogens is 3. The highest BCUT2D eigenvalue weighted by Crippen LogP contribution is 2.46. The molecule has 4 nitrogen and oxygen atoms in total. The molecule has 0 bridgehead atoms. The molecule has 1 heterocycles. The Labute approximate surface area is 193 Å². The van der Waals surface area contributed by atoms with Crippen molar-refractivity contribution in [1.29, 1.82) is 0 Å². The van der Waals surface area contributed by atoms with Crippen LogP contribution < -0.4 is 10.1 Å². The number of carbonyl (C=O) groups is 2. The molecule has 3 aromatic rings. The normalized spacial score (nSPS) is 14.6. The second-order valence-corrected chi connectivity index (χ2v) is 9.64. The van der Waals surface area contributed by atoms with Crippen LogP contribution in [0, 0.1) is 13.8 Å². The molecule has 1 fully saturated rings. The maximum Gasteiger partial charge on any atom is 0.416 e. The standard InChI is InChI=1S/C25H22F3NO3S/c1-15-21(13-17-3-5-19(6-4-17)25(26,27)28)22(16(2)33-15)23(31)29-24(11-12-24)18-7-9-20(10-8-18)32-14-30/h3-10,14H,11-13H2,1-2H3,(H,29,31). The van der Waals surface area contributed by atoms with Crippen LogP contribution in [0.4, 0.5) is 13.2 Å². The summed E-state index contributed by atoms with van der Waals surface area (Å²) in [4.78, 5) is 25.7. The summed E-state index contributed by atoms with van der Waals surface area (Å²) < 4.78 is 43.5. The van der Waals surface area contributed by atoms with Crippen molar-refractivity contribution in [3.63, 3.8) is 0 Å². The van der Waals surface area contributed by atoms with Crippen molar-refractivity contribution < 1.29 is 27.5 Å². The minimum Gasteiger partial charge on any atom is -0.429 e. The quantitative estimate of drug-likeness (QED) is 0.433. The Morgan fingerprint density at radius 3 is 2.24 bits per heavy atom. The van der Waals surface area contributed by atoms with Crippen molar-refractivity contribution in [2.24, 2.45) is 0 Å². The van der Waals surface area contributed by atoms with Gasteiger partial charge in [0, 0.05) is 9.75 Å². The van der Waals surface area contributed by atoms with Gasteiger partial charge in [0.1, 0.15) is 5.75 Å². The lowest BCUT2D eigenvalue weighted by Gasteiger charge is -2.19. The molecule has 1 aliphatic carbocycles. The average molecular weight is 474 g/mol. The minimum absolute atomic E-state index is 0.190. The van der Waals surface area contributed by atoms with Crippen molar-refractivity contribution in [3.8, 4) is 5.75 Å². The van der Waals surface area contributed by atoms with Gasteiger partial charge in [0.05, 0.1) is 16.7 Å². The Morgan fingerprint density at radius 1 is 1.06 bits per heavy atom. The zero-order valence-corrected chi connectivity index (χ0v) is 18.9. The van der Waals surface area contributed by atoms with Crippen molar-refractivity contribution in [2.75, 3.05) is 0 Å². The SMILES string of the molecule is Cc1sc(C)c(C(=O)NC2(c3ccc(OC=O)cc3)CC2)c1Cc1ccc(C(F)(F)F)cc1. The van der Waals surface area contributed by atoms with Gasteiger partial charge in [0.2, 0.25) is 0 Å². The van der Waals surface area contributed by atoms with Crippen LogP contribution in [0.25, 0.3) is 0 Å². The van der Waals surface area contributed by atoms with Crippen molar-refractivity contribution in [1.82, 2.24) is 5.32 Å². The summed E-state index contributed by atoms with van der Waals surface area (Å²) in [7, 11) is 0. The van der Waals surface area contributed by atoms with Gasteiger partial charge in [-0.15, -0.1) is 11.3 Å². The molecule has 33 heavy (non-hydrogen) atoms. The lowest BCUT2D eigenvalue weighted by molar-refractivity contribution is -0.137. The molecule has 1 N–H and O–H groups in total. The summed E-state index contributed by atoms with van der Waals surface area (Å²) >= 11 is 1.51. The molecule has 2 aromatic carbocycles. The maximum atomic E-state index is 13.3. The molecule has 1 aliphatic rings. The van der Waals surface area contributed by atoms with E-state index in [2.05, 4.69) is 5.32 Å². The maximum absolute atomic E-state index is 13.3. The first-order chi connectivity index (χ1) is 15.6. The lowest BCUT2D eigenvalue weighted by Crippen LogP contribution is -2.35. The third kappa shape index (κ3) is 4.80. The molecule has 4 rings (SSSR count). The van der Waals surface area contributed by atoms with Gasteiger partial charge in [-0.3, -0.25) is 9.59 Å². The smallest absolute Gasteiger partial charge is 0.416 e. The average Bonchev–Trinajstić information content (AvgIpc) is 3.48. The van der Waals surface area contributed by atoms with E-state index in [-0.39, 0.29) is 5.91 Å². The summed E-state index contributed by atoms with van der Waals surface area (Å²) in [6.45, 7) is 4.17. The Bertz CT molecular complexity index is 1180. The zero-order valence-electron chi connectivity index (χ0n) is 18.1. The Kier molecular flexibility index (Phi) is 6.05. The van der Waals surface area contributed by atoms with E-state index < -0.39 is 17.3 Å². The van der Waals surface area contributed by atoms with Crippen LogP contribution in [0.5, 0.6) is 5.75 Å². The van der Waals surface area contributed by atoms with Crippen LogP contribution in [0.3, 0.4) is 0 Å². The van der Waals surface area contributed by atoms with E-state index in [1.54, 1.807) is 12.1 Å². The molecule has 0 spiro atoms. The molecule has 1 saturated carbocycles. The van der Waals surface area contributed by atoms with E-state index in [0.29, 0.717) is 29.8 Å². The summed E-state index contributed by atoms with van der Waals surface area (Å²) in [6, 6.07) is 12.1. The number of alkyl halides is 3. The van der Waals surface area contributed by atoms with Crippen molar-refractivity contribution in [3.05, 3.63) is 86.1 Å². The summed E-state index contributed by atoms with van der Waals surface area (Å²) in [5.74, 6) is 0.239. The number of aryl methyl sites for hydroxylation is 2. The topological polar surface area (TPSA) is 55.4 Å². The Balaban J connectivity index is 1.56. The van der Waals surface area contributed by atoms with Gasteiger partial charge in [-0.2, -0.15) is 13.2 Å². The van der Waals surface area contributed by atoms with Gasteiger partial charge in [0.15, 0.2) is 0 Å². The van der Waals surface area contributed by atoms with Crippen LogP contribution in [0.2, 0.25) is 0 Å². The molecule has 1 aromatic heterocycles. The lowest BCUT2D eigenvalue weighted by atomic mass is 9.98. The number of hydrogen-bond acceptors (Lipinski definition) is 4. The van der Waals surface area contributed by atoms with Crippen LogP contribution in [0.15, 0.2) is 48.5 Å². The Morgan fingerprint density at radius 2 is 1.70 bits per heavy atom. The van der Waals surface area contributed by atoms with Gasteiger partial charge in [-0.05, 0) is 74.1 Å². The van der Waals surface area contributed by atoms with Crippen molar-refractivity contribution in [2.45, 2.75) is 44.8 Å². The second kappa shape index (κ2) is 8.67. The number of benzene rings is 2. The highest BCUT2D eigenvalue weighted by molar-refractivity contribution is 7.12. The first kappa shape index (κ1) is 23.0. The number of thiophene rings is 1. The van der Waals surface area contributed by atoms with Crippen LogP contribution >= 0.6 is 11.3 Å². The van der Waals surface area contributed by atoms with Crippen LogP contribution in [-0.2, 0) is 22.9 Å². The van der Waals surface area contributed by atoms with E-state index in [9.17, 15) is 22.8 Å². The van der Waals surface area contributed by atoms with Crippen molar-refractivity contribution >= 4 is 23.7 Å². The summed E-state index contributed by atoms with van der Waals surface area (Å²) in [6.07, 6.45) is -2.41. The molecule has 0 aliphatic heterocycles. The molecule has 0 unspecified atom stereocenters. The van der Waals surface area contributed by atoms with Gasteiger partial charge >= 0.3 is 6.18 Å². The molecule has 0 atom stereocenters. The van der Waals surface area contributed by atoms with Gasteiger partial charge in [-0.25, -0.2) is 0 Å². The van der Waals surface area contributed by atoms with E-state index in [4.69, 9.17) is 4.74 Å². The summed E-state index contributed by atoms with van der Waals surface area (Å²) in [5.41, 5.74) is 1.91. The highest BCUT2D eigenvalue weighted by Gasteiger charge is 2.46. The predicted molar refractivity (Wildman–Crippen MR) is 120 cm³/mol. The zero-order chi connectivity index (χ0) is 23.8. The van der Waals surface area contributed by atoms with E-state index in [1.165, 1.54) is 23.5 Å². The number of carbonyl (C=O) groups excluding carboxylic acids is 2.